The van der Waals surface area contributed by atoms with Crippen LogP contribution in [0.25, 0.3) is 0 Å². The van der Waals surface area contributed by atoms with Crippen LogP contribution in [0.15, 0.2) is 18.3 Å². The van der Waals surface area contributed by atoms with Crippen LogP contribution in [0.5, 0.6) is 0 Å². The Morgan fingerprint density at radius 1 is 1.35 bits per heavy atom. The fourth-order valence-electron chi connectivity index (χ4n) is 4.52. The van der Waals surface area contributed by atoms with E-state index in [9.17, 15) is 4.79 Å². The van der Waals surface area contributed by atoms with Crippen molar-refractivity contribution in [3.8, 4) is 0 Å². The fraction of sp³-hybridized carbons (Fsp3) is 0.700. The molecule has 1 aliphatic carbocycles. The number of hydrogen-bond acceptors (Lipinski definition) is 4. The van der Waals surface area contributed by atoms with Gasteiger partial charge < -0.3 is 14.6 Å². The van der Waals surface area contributed by atoms with Gasteiger partial charge in [0.05, 0.1) is 12.2 Å². The molecule has 0 bridgehead atoms. The van der Waals surface area contributed by atoms with Crippen LogP contribution in [0, 0.1) is 12.8 Å². The number of aryl methyl sites for hydroxylation is 1. The number of ether oxygens (including phenoxy) is 1. The minimum atomic E-state index is -0.140. The van der Waals surface area contributed by atoms with E-state index in [-0.39, 0.29) is 11.5 Å². The van der Waals surface area contributed by atoms with Crippen molar-refractivity contribution >= 4 is 5.91 Å². The zero-order valence-corrected chi connectivity index (χ0v) is 15.7. The van der Waals surface area contributed by atoms with Gasteiger partial charge in [0.25, 0.3) is 0 Å². The Morgan fingerprint density at radius 3 is 2.88 bits per heavy atom. The molecule has 1 spiro atoms. The highest BCUT2D eigenvalue weighted by atomic mass is 16.5. The molecule has 4 rings (SSSR count). The van der Waals surface area contributed by atoms with Gasteiger partial charge in [0.2, 0.25) is 5.91 Å². The molecule has 2 saturated heterocycles. The Balaban J connectivity index is 1.32. The maximum atomic E-state index is 12.9. The number of allylic oxidation sites excluding steroid dienone is 2. The van der Waals surface area contributed by atoms with E-state index in [4.69, 9.17) is 4.74 Å². The second kappa shape index (κ2) is 7.53. The van der Waals surface area contributed by atoms with Crippen LogP contribution >= 0.6 is 0 Å². The zero-order chi connectivity index (χ0) is 18.0. The lowest BCUT2D eigenvalue weighted by Crippen LogP contribution is -2.58. The molecule has 1 N–H and O–H groups in total. The van der Waals surface area contributed by atoms with E-state index in [1.54, 1.807) is 0 Å². The van der Waals surface area contributed by atoms with E-state index < -0.39 is 0 Å². The van der Waals surface area contributed by atoms with Crippen molar-refractivity contribution in [2.75, 3.05) is 32.8 Å². The van der Waals surface area contributed by atoms with Crippen molar-refractivity contribution in [3.05, 3.63) is 29.9 Å². The molecule has 1 aromatic heterocycles. The maximum Gasteiger partial charge on any atom is 0.226 e. The molecule has 142 valence electrons. The zero-order valence-electron chi connectivity index (χ0n) is 15.7. The lowest BCUT2D eigenvalue weighted by molar-refractivity contribution is -0.163. The Morgan fingerprint density at radius 2 is 2.19 bits per heavy atom. The average molecular weight is 358 g/mol. The van der Waals surface area contributed by atoms with E-state index in [0.717, 1.165) is 70.7 Å². The summed E-state index contributed by atoms with van der Waals surface area (Å²) in [6, 6.07) is 0. The number of aromatic amines is 1. The lowest BCUT2D eigenvalue weighted by atomic mass is 9.87. The van der Waals surface area contributed by atoms with Gasteiger partial charge >= 0.3 is 0 Å². The standard InChI is InChI=1S/C20H30N4O2/c1-16-21-13-18(22-16)14-23-9-7-20(8-10-23)15-24(11-12-26-20)19(25)17-5-3-2-4-6-17/h2-3,13,17H,4-12,14-15H2,1H3,(H,21,22). The number of likely N-dealkylation sites (tertiary alicyclic amines) is 1. The average Bonchev–Trinajstić information content (AvgIpc) is 3.09. The van der Waals surface area contributed by atoms with E-state index in [2.05, 4.69) is 31.9 Å². The molecule has 1 aromatic rings. The summed E-state index contributed by atoms with van der Waals surface area (Å²) in [7, 11) is 0. The maximum absolute atomic E-state index is 12.9. The molecule has 1 amide bonds. The molecule has 0 radical (unpaired) electrons. The molecule has 0 aromatic carbocycles. The normalized spacial score (nSPS) is 26.3. The van der Waals surface area contributed by atoms with Gasteiger partial charge in [-0.25, -0.2) is 4.98 Å². The van der Waals surface area contributed by atoms with Gasteiger partial charge in [-0.15, -0.1) is 0 Å². The number of nitrogens with one attached hydrogen (secondary N) is 1. The topological polar surface area (TPSA) is 61.5 Å². The number of carbonyl (C=O) groups excluding carboxylic acids is 1. The molecule has 3 heterocycles. The fourth-order valence-corrected chi connectivity index (χ4v) is 4.52. The van der Waals surface area contributed by atoms with Crippen molar-refractivity contribution < 1.29 is 9.53 Å². The monoisotopic (exact) mass is 358 g/mol. The van der Waals surface area contributed by atoms with Crippen molar-refractivity contribution in [1.82, 2.24) is 19.8 Å². The molecule has 6 nitrogen and oxygen atoms in total. The molecular weight excluding hydrogens is 328 g/mol. The first-order chi connectivity index (χ1) is 12.6. The number of carbonyl (C=O) groups is 1. The Hall–Kier alpha value is -1.66. The summed E-state index contributed by atoms with van der Waals surface area (Å²) >= 11 is 0. The number of piperidine rings is 1. The molecule has 1 atom stereocenters. The SMILES string of the molecule is Cc1ncc(CN2CCC3(CC2)CN(C(=O)C2CC=CCC2)CCO3)[nH]1. The van der Waals surface area contributed by atoms with E-state index in [1.165, 1.54) is 5.69 Å². The van der Waals surface area contributed by atoms with Gasteiger partial charge in [-0.2, -0.15) is 0 Å². The highest BCUT2D eigenvalue weighted by molar-refractivity contribution is 5.79. The van der Waals surface area contributed by atoms with Gasteiger partial charge in [-0.1, -0.05) is 12.2 Å². The second-order valence-corrected chi connectivity index (χ2v) is 8.04. The third-order valence-corrected chi connectivity index (χ3v) is 6.10. The Labute approximate surface area is 155 Å². The number of amides is 1. The number of hydrogen-bond donors (Lipinski definition) is 1. The van der Waals surface area contributed by atoms with Gasteiger partial charge in [-0.05, 0) is 39.0 Å². The third kappa shape index (κ3) is 3.86. The van der Waals surface area contributed by atoms with Crippen LogP contribution in [0.1, 0.15) is 43.6 Å². The first-order valence-electron chi connectivity index (χ1n) is 9.94. The van der Waals surface area contributed by atoms with Gasteiger partial charge in [0.15, 0.2) is 0 Å². The molecule has 2 aliphatic heterocycles. The minimum Gasteiger partial charge on any atom is -0.371 e. The predicted octanol–water partition coefficient (Wildman–Crippen LogP) is 2.27. The minimum absolute atomic E-state index is 0.140. The Bertz CT molecular complexity index is 661. The lowest BCUT2D eigenvalue weighted by Gasteiger charge is -2.47. The summed E-state index contributed by atoms with van der Waals surface area (Å²) in [6.07, 6.45) is 11.2. The van der Waals surface area contributed by atoms with Crippen molar-refractivity contribution in [3.63, 3.8) is 0 Å². The molecule has 0 saturated carbocycles. The summed E-state index contributed by atoms with van der Waals surface area (Å²) in [4.78, 5) is 25.0. The van der Waals surface area contributed by atoms with Gasteiger partial charge in [0, 0.05) is 50.5 Å². The number of aromatic nitrogens is 2. The van der Waals surface area contributed by atoms with Crippen LogP contribution < -0.4 is 0 Å². The second-order valence-electron chi connectivity index (χ2n) is 8.04. The number of nitrogens with zero attached hydrogens (tertiary/aromatic N) is 3. The van der Waals surface area contributed by atoms with Gasteiger partial charge in [-0.3, -0.25) is 9.69 Å². The summed E-state index contributed by atoms with van der Waals surface area (Å²) in [5, 5.41) is 0. The summed E-state index contributed by atoms with van der Waals surface area (Å²) in [5.74, 6) is 1.49. The van der Waals surface area contributed by atoms with Crippen molar-refractivity contribution in [2.45, 2.75) is 51.2 Å². The van der Waals surface area contributed by atoms with E-state index in [0.29, 0.717) is 12.5 Å². The van der Waals surface area contributed by atoms with Crippen LogP contribution in [0.4, 0.5) is 0 Å². The number of rotatable bonds is 3. The summed E-state index contributed by atoms with van der Waals surface area (Å²) in [6.45, 7) is 7.10. The summed E-state index contributed by atoms with van der Waals surface area (Å²) in [5.41, 5.74) is 1.03. The van der Waals surface area contributed by atoms with Crippen LogP contribution in [-0.2, 0) is 16.1 Å². The molecule has 6 heteroatoms. The summed E-state index contributed by atoms with van der Waals surface area (Å²) < 4.78 is 6.22. The first-order valence-corrected chi connectivity index (χ1v) is 9.94. The third-order valence-electron chi connectivity index (χ3n) is 6.10. The highest BCUT2D eigenvalue weighted by Crippen LogP contribution is 2.32. The molecule has 26 heavy (non-hydrogen) atoms. The molecule has 1 unspecified atom stereocenters. The largest absolute Gasteiger partial charge is 0.371 e. The number of H-pyrrole nitrogens is 1. The molecule has 2 fully saturated rings. The first kappa shape index (κ1) is 17.7. The number of imidazole rings is 1. The highest BCUT2D eigenvalue weighted by Gasteiger charge is 2.41. The molecular formula is C20H30N4O2. The van der Waals surface area contributed by atoms with Gasteiger partial charge in [0.1, 0.15) is 5.82 Å². The van der Waals surface area contributed by atoms with Crippen LogP contribution in [0.2, 0.25) is 0 Å². The molecule has 3 aliphatic rings. The smallest absolute Gasteiger partial charge is 0.226 e. The number of morpholine rings is 1. The predicted molar refractivity (Wildman–Crippen MR) is 99.6 cm³/mol. The van der Waals surface area contributed by atoms with E-state index in [1.807, 2.05) is 13.1 Å². The Kier molecular flexibility index (Phi) is 5.14. The van der Waals surface area contributed by atoms with Crippen molar-refractivity contribution in [1.29, 1.82) is 0 Å². The van der Waals surface area contributed by atoms with Crippen molar-refractivity contribution in [2.24, 2.45) is 5.92 Å². The quantitative estimate of drug-likeness (QED) is 0.842. The van der Waals surface area contributed by atoms with Crippen LogP contribution in [-0.4, -0.2) is 64.1 Å². The van der Waals surface area contributed by atoms with E-state index >= 15 is 0 Å². The van der Waals surface area contributed by atoms with Crippen LogP contribution in [0.3, 0.4) is 0 Å².